The zero-order valence-corrected chi connectivity index (χ0v) is 12.7. The van der Waals surface area contributed by atoms with Crippen LogP contribution in [0.2, 0.25) is 0 Å². The molecule has 0 radical (unpaired) electrons. The maximum Gasteiger partial charge on any atom is 0.146 e. The predicted octanol–water partition coefficient (Wildman–Crippen LogP) is 3.21. The molecule has 0 saturated carbocycles. The number of para-hydroxylation sites is 2. The van der Waals surface area contributed by atoms with Crippen LogP contribution in [0.15, 0.2) is 42.6 Å². The molecule has 1 aromatic carbocycles. The summed E-state index contributed by atoms with van der Waals surface area (Å²) in [4.78, 5) is 14.8. The molecule has 1 aliphatic rings. The molecule has 1 fully saturated rings. The number of benzene rings is 1. The van der Waals surface area contributed by atoms with E-state index in [0.29, 0.717) is 11.5 Å². The Hall–Kier alpha value is -2.87. The van der Waals surface area contributed by atoms with E-state index in [1.165, 1.54) is 0 Å². The molecule has 1 unspecified atom stereocenters. The number of aromatic amines is 1. The lowest BCUT2D eigenvalue weighted by Gasteiger charge is -2.33. The number of nitrogens with zero attached hydrogens (tertiary/aromatic N) is 4. The highest BCUT2D eigenvalue weighted by Crippen LogP contribution is 2.30. The summed E-state index contributed by atoms with van der Waals surface area (Å²) in [5.74, 6) is 2.16. The number of hydrogen-bond acceptors (Lipinski definition) is 4. The minimum Gasteiger partial charge on any atom is -0.355 e. The van der Waals surface area contributed by atoms with Crippen LogP contribution in [0.1, 0.15) is 30.1 Å². The highest BCUT2D eigenvalue weighted by atomic mass is 15.2. The van der Waals surface area contributed by atoms with Gasteiger partial charge in [0.1, 0.15) is 17.7 Å². The van der Waals surface area contributed by atoms with Gasteiger partial charge in [0, 0.05) is 25.2 Å². The first-order valence-corrected chi connectivity index (χ1v) is 7.90. The number of fused-ring (bicyclic) bond motifs is 1. The second-order valence-corrected chi connectivity index (χ2v) is 5.91. The smallest absolute Gasteiger partial charge is 0.146 e. The van der Waals surface area contributed by atoms with E-state index in [-0.39, 0.29) is 0 Å². The number of H-pyrrole nitrogens is 1. The van der Waals surface area contributed by atoms with Crippen molar-refractivity contribution in [3.8, 4) is 6.07 Å². The summed E-state index contributed by atoms with van der Waals surface area (Å²) in [6.45, 7) is 1.77. The zero-order valence-electron chi connectivity index (χ0n) is 12.7. The number of nitriles is 1. The van der Waals surface area contributed by atoms with E-state index in [1.54, 1.807) is 6.20 Å². The largest absolute Gasteiger partial charge is 0.355 e. The molecule has 5 heteroatoms. The highest BCUT2D eigenvalue weighted by molar-refractivity contribution is 5.74. The molecule has 3 aromatic rings. The molecular weight excluding hydrogens is 286 g/mol. The minimum atomic E-state index is 0.338. The van der Waals surface area contributed by atoms with Crippen LogP contribution in [0.3, 0.4) is 0 Å². The van der Waals surface area contributed by atoms with Crippen LogP contribution < -0.4 is 4.90 Å². The summed E-state index contributed by atoms with van der Waals surface area (Å²) in [6, 6.07) is 14.0. The average molecular weight is 303 g/mol. The molecule has 0 bridgehead atoms. The lowest BCUT2D eigenvalue weighted by molar-refractivity contribution is 0.492. The molecule has 1 N–H and O–H groups in total. The number of rotatable bonds is 2. The van der Waals surface area contributed by atoms with Crippen LogP contribution in [-0.4, -0.2) is 28.0 Å². The molecule has 0 amide bonds. The van der Waals surface area contributed by atoms with E-state index < -0.39 is 0 Å². The van der Waals surface area contributed by atoms with Crippen LogP contribution in [-0.2, 0) is 0 Å². The van der Waals surface area contributed by atoms with Crippen LogP contribution in [0, 0.1) is 11.3 Å². The number of piperidine rings is 1. The topological polar surface area (TPSA) is 68.6 Å². The van der Waals surface area contributed by atoms with Gasteiger partial charge < -0.3 is 9.88 Å². The number of hydrogen-bond donors (Lipinski definition) is 1. The van der Waals surface area contributed by atoms with Crippen molar-refractivity contribution < 1.29 is 0 Å². The standard InChI is InChI=1S/C18H17N5/c19-11-13-5-3-9-20-18(13)23-10-4-6-14(12-23)17-21-15-7-1-2-8-16(15)22-17/h1-3,5,7-9,14H,4,6,10,12H2,(H,21,22). The van der Waals surface area contributed by atoms with Crippen LogP contribution in [0.4, 0.5) is 5.82 Å². The Morgan fingerprint density at radius 3 is 3.00 bits per heavy atom. The average Bonchev–Trinajstić information content (AvgIpc) is 3.06. The molecule has 4 rings (SSSR count). The second-order valence-electron chi connectivity index (χ2n) is 5.91. The van der Waals surface area contributed by atoms with Crippen molar-refractivity contribution in [2.24, 2.45) is 0 Å². The second kappa shape index (κ2) is 5.73. The first-order chi connectivity index (χ1) is 11.3. The van der Waals surface area contributed by atoms with E-state index >= 15 is 0 Å². The fraction of sp³-hybridized carbons (Fsp3) is 0.278. The van der Waals surface area contributed by atoms with Crippen LogP contribution >= 0.6 is 0 Å². The van der Waals surface area contributed by atoms with E-state index in [1.807, 2.05) is 30.3 Å². The molecule has 1 saturated heterocycles. The predicted molar refractivity (Wildman–Crippen MR) is 89.2 cm³/mol. The van der Waals surface area contributed by atoms with E-state index in [0.717, 1.165) is 48.6 Å². The van der Waals surface area contributed by atoms with Crippen molar-refractivity contribution in [1.82, 2.24) is 15.0 Å². The van der Waals surface area contributed by atoms with Gasteiger partial charge in [0.25, 0.3) is 0 Å². The zero-order chi connectivity index (χ0) is 15.6. The van der Waals surface area contributed by atoms with Gasteiger partial charge in [-0.3, -0.25) is 0 Å². The van der Waals surface area contributed by atoms with Crippen molar-refractivity contribution in [3.63, 3.8) is 0 Å². The molecule has 0 spiro atoms. The van der Waals surface area contributed by atoms with E-state index in [2.05, 4.69) is 27.0 Å². The maximum absolute atomic E-state index is 9.29. The summed E-state index contributed by atoms with van der Waals surface area (Å²) in [5, 5.41) is 9.29. The Morgan fingerprint density at radius 2 is 2.13 bits per heavy atom. The van der Waals surface area contributed by atoms with Gasteiger partial charge in [-0.25, -0.2) is 9.97 Å². The van der Waals surface area contributed by atoms with Gasteiger partial charge in [-0.1, -0.05) is 12.1 Å². The number of anilines is 1. The third-order valence-corrected chi connectivity index (χ3v) is 4.42. The summed E-state index contributed by atoms with van der Waals surface area (Å²) >= 11 is 0. The number of nitrogens with one attached hydrogen (secondary N) is 1. The number of imidazole rings is 1. The fourth-order valence-corrected chi connectivity index (χ4v) is 3.29. The minimum absolute atomic E-state index is 0.338. The van der Waals surface area contributed by atoms with E-state index in [9.17, 15) is 5.26 Å². The Labute approximate surface area is 134 Å². The van der Waals surface area contributed by atoms with Gasteiger partial charge in [-0.05, 0) is 37.1 Å². The van der Waals surface area contributed by atoms with Crippen molar-refractivity contribution in [3.05, 3.63) is 54.0 Å². The third-order valence-electron chi connectivity index (χ3n) is 4.42. The summed E-state index contributed by atoms with van der Waals surface area (Å²) in [7, 11) is 0. The molecule has 3 heterocycles. The number of aromatic nitrogens is 3. The fourth-order valence-electron chi connectivity index (χ4n) is 3.29. The van der Waals surface area contributed by atoms with Gasteiger partial charge >= 0.3 is 0 Å². The van der Waals surface area contributed by atoms with Gasteiger partial charge in [-0.15, -0.1) is 0 Å². The monoisotopic (exact) mass is 303 g/mol. The first kappa shape index (κ1) is 13.8. The van der Waals surface area contributed by atoms with Gasteiger partial charge in [0.05, 0.1) is 16.6 Å². The van der Waals surface area contributed by atoms with Gasteiger partial charge in [0.15, 0.2) is 0 Å². The van der Waals surface area contributed by atoms with Crippen molar-refractivity contribution in [2.75, 3.05) is 18.0 Å². The molecule has 5 nitrogen and oxygen atoms in total. The SMILES string of the molecule is N#Cc1cccnc1N1CCCC(c2nc3ccccc3[nH]2)C1. The molecule has 114 valence electrons. The summed E-state index contributed by atoms with van der Waals surface area (Å²) in [6.07, 6.45) is 3.93. The van der Waals surface area contributed by atoms with E-state index in [4.69, 9.17) is 4.98 Å². The Balaban J connectivity index is 1.63. The lowest BCUT2D eigenvalue weighted by Crippen LogP contribution is -2.35. The molecule has 0 aliphatic carbocycles. The van der Waals surface area contributed by atoms with Gasteiger partial charge in [0.2, 0.25) is 0 Å². The third kappa shape index (κ3) is 2.53. The molecule has 2 aromatic heterocycles. The highest BCUT2D eigenvalue weighted by Gasteiger charge is 2.25. The molecule has 1 atom stereocenters. The summed E-state index contributed by atoms with van der Waals surface area (Å²) in [5.41, 5.74) is 2.73. The Bertz CT molecular complexity index is 843. The van der Waals surface area contributed by atoms with Crippen molar-refractivity contribution in [2.45, 2.75) is 18.8 Å². The van der Waals surface area contributed by atoms with Crippen molar-refractivity contribution in [1.29, 1.82) is 5.26 Å². The quantitative estimate of drug-likeness (QED) is 0.789. The van der Waals surface area contributed by atoms with Crippen LogP contribution in [0.25, 0.3) is 11.0 Å². The molecule has 23 heavy (non-hydrogen) atoms. The molecule has 1 aliphatic heterocycles. The number of pyridine rings is 1. The maximum atomic E-state index is 9.29. The summed E-state index contributed by atoms with van der Waals surface area (Å²) < 4.78 is 0. The van der Waals surface area contributed by atoms with Gasteiger partial charge in [-0.2, -0.15) is 5.26 Å². The lowest BCUT2D eigenvalue weighted by atomic mass is 9.97. The van der Waals surface area contributed by atoms with Crippen LogP contribution in [0.5, 0.6) is 0 Å². The Morgan fingerprint density at radius 1 is 1.22 bits per heavy atom. The normalized spacial score (nSPS) is 18.0. The molecular formula is C18H17N5. The van der Waals surface area contributed by atoms with Crippen molar-refractivity contribution >= 4 is 16.9 Å². The Kier molecular flexibility index (Phi) is 3.43. The first-order valence-electron chi connectivity index (χ1n) is 7.90.